The maximum atomic E-state index is 12.9. The van der Waals surface area contributed by atoms with Crippen molar-refractivity contribution in [2.75, 3.05) is 6.61 Å². The summed E-state index contributed by atoms with van der Waals surface area (Å²) >= 11 is 7.52. The van der Waals surface area contributed by atoms with Crippen molar-refractivity contribution in [3.63, 3.8) is 0 Å². The Morgan fingerprint density at radius 3 is 2.76 bits per heavy atom. The largest absolute Gasteiger partial charge is 0.462 e. The highest BCUT2D eigenvalue weighted by atomic mass is 35.5. The number of hydrogen-bond acceptors (Lipinski definition) is 4. The third kappa shape index (κ3) is 7.01. The molecular formula is C21H21ClF3NO2S. The molecule has 0 saturated heterocycles. The number of thiazole rings is 1. The van der Waals surface area contributed by atoms with Gasteiger partial charge in [-0.1, -0.05) is 35.9 Å². The summed E-state index contributed by atoms with van der Waals surface area (Å²) in [6, 6.07) is 7.43. The summed E-state index contributed by atoms with van der Waals surface area (Å²) in [5, 5.41) is 3.52. The van der Waals surface area contributed by atoms with Crippen LogP contribution in [0.5, 0.6) is 0 Å². The summed E-state index contributed by atoms with van der Waals surface area (Å²) in [6.07, 6.45) is 0.0731. The van der Waals surface area contributed by atoms with Crippen molar-refractivity contribution in [3.8, 4) is 11.3 Å². The Morgan fingerprint density at radius 2 is 2.10 bits per heavy atom. The molecule has 0 N–H and O–H groups in total. The summed E-state index contributed by atoms with van der Waals surface area (Å²) in [7, 11) is 0. The molecule has 0 aliphatic rings. The fourth-order valence-electron chi connectivity index (χ4n) is 2.49. The first-order valence-electron chi connectivity index (χ1n) is 9.04. The van der Waals surface area contributed by atoms with Crippen LogP contribution in [0.25, 0.3) is 11.3 Å². The SMILES string of the molecule is CCOC(=O)C(/C=C\CCCc1nc(-c2cccc(Cl)c2)cs1)=C(/C)C(F)(F)F. The number of aryl methyl sites for hydroxylation is 1. The van der Waals surface area contributed by atoms with E-state index in [9.17, 15) is 18.0 Å². The van der Waals surface area contributed by atoms with Crippen molar-refractivity contribution < 1.29 is 22.7 Å². The molecule has 1 heterocycles. The predicted octanol–water partition coefficient (Wildman–Crippen LogP) is 6.78. The van der Waals surface area contributed by atoms with Gasteiger partial charge in [-0.25, -0.2) is 9.78 Å². The second-order valence-corrected chi connectivity index (χ2v) is 7.57. The number of nitrogens with zero attached hydrogens (tertiary/aromatic N) is 1. The molecule has 0 amide bonds. The number of allylic oxidation sites excluding steroid dienone is 2. The molecule has 0 radical (unpaired) electrons. The second-order valence-electron chi connectivity index (χ2n) is 6.19. The Labute approximate surface area is 176 Å². The smallest absolute Gasteiger partial charge is 0.413 e. The minimum Gasteiger partial charge on any atom is -0.462 e. The minimum absolute atomic E-state index is 0.0142. The normalized spacial score (nSPS) is 12.9. The standard InChI is InChI=1S/C21H21ClF3NO2S/c1-3-28-20(27)17(14(2)21(23,24)25)10-5-4-6-11-19-26-18(13-29-19)15-8-7-9-16(22)12-15/h5,7-10,12-13H,3-4,6,11H2,1-2H3/b10-5-,17-14-. The van der Waals surface area contributed by atoms with E-state index in [2.05, 4.69) is 4.98 Å². The molecule has 1 aromatic heterocycles. The van der Waals surface area contributed by atoms with Crippen LogP contribution in [0.3, 0.4) is 0 Å². The molecule has 0 atom stereocenters. The number of aromatic nitrogens is 1. The van der Waals surface area contributed by atoms with E-state index in [1.807, 2.05) is 23.6 Å². The van der Waals surface area contributed by atoms with Gasteiger partial charge in [-0.05, 0) is 45.2 Å². The fourth-order valence-corrected chi connectivity index (χ4v) is 3.53. The number of rotatable bonds is 8. The first-order chi connectivity index (χ1) is 13.7. The number of carbonyl (C=O) groups is 1. The zero-order valence-electron chi connectivity index (χ0n) is 16.1. The topological polar surface area (TPSA) is 39.2 Å². The van der Waals surface area contributed by atoms with E-state index in [4.69, 9.17) is 16.3 Å². The highest BCUT2D eigenvalue weighted by molar-refractivity contribution is 7.09. The van der Waals surface area contributed by atoms with Gasteiger partial charge in [0.05, 0.1) is 22.9 Å². The molecule has 0 fully saturated rings. The first-order valence-corrected chi connectivity index (χ1v) is 10.3. The lowest BCUT2D eigenvalue weighted by Gasteiger charge is -2.11. The van der Waals surface area contributed by atoms with Gasteiger partial charge in [0.15, 0.2) is 0 Å². The molecule has 2 rings (SSSR count). The molecule has 8 heteroatoms. The van der Waals surface area contributed by atoms with E-state index < -0.39 is 23.3 Å². The van der Waals surface area contributed by atoms with E-state index >= 15 is 0 Å². The zero-order chi connectivity index (χ0) is 21.4. The van der Waals surface area contributed by atoms with Crippen LogP contribution in [-0.2, 0) is 16.0 Å². The number of ether oxygens (including phenoxy) is 1. The van der Waals surface area contributed by atoms with Gasteiger partial charge in [0.25, 0.3) is 0 Å². The van der Waals surface area contributed by atoms with E-state index in [1.165, 1.54) is 17.4 Å². The average molecular weight is 444 g/mol. The Bertz CT molecular complexity index is 903. The molecule has 156 valence electrons. The Hall–Kier alpha value is -2.12. The second kappa shape index (κ2) is 10.6. The fraction of sp³-hybridized carbons (Fsp3) is 0.333. The third-order valence-corrected chi connectivity index (χ3v) is 5.19. The van der Waals surface area contributed by atoms with Crippen LogP contribution in [0, 0.1) is 0 Å². The quantitative estimate of drug-likeness (QED) is 0.195. The van der Waals surface area contributed by atoms with Gasteiger partial charge in [0.2, 0.25) is 0 Å². The number of carbonyl (C=O) groups excluding carboxylic acids is 1. The maximum Gasteiger partial charge on any atom is 0.413 e. The van der Waals surface area contributed by atoms with Gasteiger partial charge in [-0.3, -0.25) is 0 Å². The zero-order valence-corrected chi connectivity index (χ0v) is 17.6. The number of alkyl halides is 3. The van der Waals surface area contributed by atoms with Crippen molar-refractivity contribution >= 4 is 28.9 Å². The summed E-state index contributed by atoms with van der Waals surface area (Å²) < 4.78 is 43.6. The number of benzene rings is 1. The van der Waals surface area contributed by atoms with E-state index in [0.717, 1.165) is 23.2 Å². The average Bonchev–Trinajstić information content (AvgIpc) is 3.12. The monoisotopic (exact) mass is 443 g/mol. The third-order valence-electron chi connectivity index (χ3n) is 4.04. The Morgan fingerprint density at radius 1 is 1.34 bits per heavy atom. The van der Waals surface area contributed by atoms with Crippen LogP contribution < -0.4 is 0 Å². The summed E-state index contributed by atoms with van der Waals surface area (Å²) in [5.74, 6) is -0.968. The van der Waals surface area contributed by atoms with Crippen molar-refractivity contribution in [1.82, 2.24) is 4.98 Å². The molecule has 0 unspecified atom stereocenters. The van der Waals surface area contributed by atoms with Crippen LogP contribution in [0.1, 0.15) is 31.7 Å². The van der Waals surface area contributed by atoms with Gasteiger partial charge in [-0.15, -0.1) is 11.3 Å². The van der Waals surface area contributed by atoms with Gasteiger partial charge in [-0.2, -0.15) is 13.2 Å². The lowest BCUT2D eigenvalue weighted by atomic mass is 10.1. The van der Waals surface area contributed by atoms with E-state index in [0.29, 0.717) is 24.3 Å². The van der Waals surface area contributed by atoms with Crippen LogP contribution in [0.2, 0.25) is 5.02 Å². The number of halogens is 4. The molecule has 0 aliphatic heterocycles. The Balaban J connectivity index is 1.96. The van der Waals surface area contributed by atoms with Crippen LogP contribution in [0.4, 0.5) is 13.2 Å². The molecule has 0 bridgehead atoms. The summed E-state index contributed by atoms with van der Waals surface area (Å²) in [4.78, 5) is 16.4. The molecule has 0 spiro atoms. The summed E-state index contributed by atoms with van der Waals surface area (Å²) in [5.41, 5.74) is 0.359. The maximum absolute atomic E-state index is 12.9. The van der Waals surface area contributed by atoms with Crippen molar-refractivity contribution in [1.29, 1.82) is 0 Å². The van der Waals surface area contributed by atoms with Crippen LogP contribution in [0.15, 0.2) is 52.9 Å². The molecule has 0 aliphatic carbocycles. The highest BCUT2D eigenvalue weighted by Gasteiger charge is 2.34. The molecule has 0 saturated carbocycles. The van der Waals surface area contributed by atoms with Crippen molar-refractivity contribution in [3.05, 3.63) is 63.0 Å². The molecule has 29 heavy (non-hydrogen) atoms. The lowest BCUT2D eigenvalue weighted by Crippen LogP contribution is -2.17. The van der Waals surface area contributed by atoms with Gasteiger partial charge >= 0.3 is 12.1 Å². The van der Waals surface area contributed by atoms with Crippen molar-refractivity contribution in [2.24, 2.45) is 0 Å². The number of hydrogen-bond donors (Lipinski definition) is 0. The van der Waals surface area contributed by atoms with Crippen LogP contribution in [-0.4, -0.2) is 23.7 Å². The highest BCUT2D eigenvalue weighted by Crippen LogP contribution is 2.29. The number of unbranched alkanes of at least 4 members (excludes halogenated alkanes) is 1. The van der Waals surface area contributed by atoms with Crippen molar-refractivity contribution in [2.45, 2.75) is 39.3 Å². The summed E-state index contributed by atoms with van der Waals surface area (Å²) in [6.45, 7) is 2.44. The minimum atomic E-state index is -4.58. The van der Waals surface area contributed by atoms with Gasteiger partial charge < -0.3 is 4.74 Å². The molecular weight excluding hydrogens is 423 g/mol. The predicted molar refractivity (Wildman–Crippen MR) is 110 cm³/mol. The lowest BCUT2D eigenvalue weighted by molar-refractivity contribution is -0.139. The van der Waals surface area contributed by atoms with Gasteiger partial charge in [0, 0.05) is 21.5 Å². The van der Waals surface area contributed by atoms with Gasteiger partial charge in [0.1, 0.15) is 0 Å². The molecule has 2 aromatic rings. The molecule has 1 aromatic carbocycles. The molecule has 3 nitrogen and oxygen atoms in total. The first kappa shape index (κ1) is 23.2. The van der Waals surface area contributed by atoms with E-state index in [1.54, 1.807) is 19.1 Å². The van der Waals surface area contributed by atoms with Crippen LogP contribution >= 0.6 is 22.9 Å². The Kier molecular flexibility index (Phi) is 8.46. The number of esters is 1. The van der Waals surface area contributed by atoms with E-state index in [-0.39, 0.29) is 6.61 Å².